The third-order valence-electron chi connectivity index (χ3n) is 5.65. The van der Waals surface area contributed by atoms with Crippen LogP contribution in [0.5, 0.6) is 0 Å². The van der Waals surface area contributed by atoms with Gasteiger partial charge in [0.1, 0.15) is 0 Å². The maximum absolute atomic E-state index is 10.3. The second-order valence-corrected chi connectivity index (χ2v) is 8.78. The van der Waals surface area contributed by atoms with Crippen LogP contribution >= 0.6 is 0 Å². The van der Waals surface area contributed by atoms with Crippen LogP contribution in [0, 0.1) is 11.8 Å². The zero-order valence-electron chi connectivity index (χ0n) is 20.2. The molecule has 0 amide bonds. The Kier molecular flexibility index (Phi) is 19.7. The Hall–Kier alpha value is -1.91. The Balaban J connectivity index is 3.72. The molecule has 4 heteroatoms. The van der Waals surface area contributed by atoms with E-state index < -0.39 is 12.1 Å². The highest BCUT2D eigenvalue weighted by Crippen LogP contribution is 2.18. The number of aliphatic hydroxyl groups is 2. The SMILES string of the molecule is C=C/C=C\CC[C@@H](C)[C@H](O)CCCCCC[C@@H](C)/C=C\CC[C@H](O)C/C=C/C=C\C(=O)O. The molecule has 0 heterocycles. The maximum Gasteiger partial charge on any atom is 0.328 e. The Morgan fingerprint density at radius 3 is 2.22 bits per heavy atom. The summed E-state index contributed by atoms with van der Waals surface area (Å²) in [6, 6.07) is 0. The van der Waals surface area contributed by atoms with Gasteiger partial charge in [-0.1, -0.05) is 94.7 Å². The van der Waals surface area contributed by atoms with Crippen LogP contribution in [0.25, 0.3) is 0 Å². The van der Waals surface area contributed by atoms with Gasteiger partial charge in [0, 0.05) is 6.08 Å². The summed E-state index contributed by atoms with van der Waals surface area (Å²) in [5.41, 5.74) is 0. The fraction of sp³-hybridized carbons (Fsp3) is 0.607. The number of carbonyl (C=O) groups is 1. The molecule has 0 aromatic heterocycles. The average molecular weight is 447 g/mol. The van der Waals surface area contributed by atoms with Gasteiger partial charge >= 0.3 is 5.97 Å². The van der Waals surface area contributed by atoms with Gasteiger partial charge in [-0.2, -0.15) is 0 Å². The van der Waals surface area contributed by atoms with Crippen LogP contribution in [0.2, 0.25) is 0 Å². The van der Waals surface area contributed by atoms with Crippen molar-refractivity contribution in [2.45, 2.75) is 96.7 Å². The predicted octanol–water partition coefficient (Wildman–Crippen LogP) is 6.77. The van der Waals surface area contributed by atoms with Crippen molar-refractivity contribution >= 4 is 5.97 Å². The molecule has 0 unspecified atom stereocenters. The number of aliphatic hydroxyl groups excluding tert-OH is 2. The van der Waals surface area contributed by atoms with Crippen molar-refractivity contribution in [3.05, 3.63) is 61.3 Å². The van der Waals surface area contributed by atoms with Gasteiger partial charge in [0.2, 0.25) is 0 Å². The normalized spacial score (nSPS) is 16.2. The molecular formula is C28H46O4. The molecule has 0 saturated carbocycles. The molecule has 4 nitrogen and oxygen atoms in total. The summed E-state index contributed by atoms with van der Waals surface area (Å²) < 4.78 is 0. The molecule has 0 aliphatic rings. The lowest BCUT2D eigenvalue weighted by Crippen LogP contribution is -2.17. The molecule has 4 atom stereocenters. The highest BCUT2D eigenvalue weighted by atomic mass is 16.4. The minimum Gasteiger partial charge on any atom is -0.478 e. The highest BCUT2D eigenvalue weighted by Gasteiger charge is 2.12. The molecule has 3 N–H and O–H groups in total. The van der Waals surface area contributed by atoms with E-state index in [0.717, 1.165) is 38.2 Å². The predicted molar refractivity (Wildman–Crippen MR) is 136 cm³/mol. The van der Waals surface area contributed by atoms with Gasteiger partial charge in [-0.15, -0.1) is 0 Å². The molecule has 0 aliphatic heterocycles. The second-order valence-electron chi connectivity index (χ2n) is 8.78. The van der Waals surface area contributed by atoms with Gasteiger partial charge in [-0.3, -0.25) is 0 Å². The second kappa shape index (κ2) is 21.0. The number of carboxylic acids is 1. The summed E-state index contributed by atoms with van der Waals surface area (Å²) in [7, 11) is 0. The number of hydrogen-bond donors (Lipinski definition) is 3. The van der Waals surface area contributed by atoms with Crippen LogP contribution in [0.15, 0.2) is 61.3 Å². The lowest BCUT2D eigenvalue weighted by Gasteiger charge is -2.18. The van der Waals surface area contributed by atoms with Crippen molar-refractivity contribution in [3.8, 4) is 0 Å². The molecule has 0 radical (unpaired) electrons. The first-order valence-electron chi connectivity index (χ1n) is 12.2. The molecule has 0 fully saturated rings. The summed E-state index contributed by atoms with van der Waals surface area (Å²) in [6.45, 7) is 8.03. The third kappa shape index (κ3) is 20.0. The lowest BCUT2D eigenvalue weighted by molar-refractivity contribution is -0.131. The first kappa shape index (κ1) is 30.1. The zero-order chi connectivity index (χ0) is 24.0. The van der Waals surface area contributed by atoms with E-state index in [1.807, 2.05) is 6.08 Å². The smallest absolute Gasteiger partial charge is 0.328 e. The molecule has 0 aromatic carbocycles. The molecule has 0 spiro atoms. The molecule has 0 bridgehead atoms. The van der Waals surface area contributed by atoms with E-state index in [4.69, 9.17) is 5.11 Å². The summed E-state index contributed by atoms with van der Waals surface area (Å²) in [6.07, 6.45) is 26.5. The fourth-order valence-corrected chi connectivity index (χ4v) is 3.49. The maximum atomic E-state index is 10.3. The van der Waals surface area contributed by atoms with Crippen molar-refractivity contribution in [1.82, 2.24) is 0 Å². The first-order chi connectivity index (χ1) is 15.4. The first-order valence-corrected chi connectivity index (χ1v) is 12.2. The van der Waals surface area contributed by atoms with Gasteiger partial charge in [0.25, 0.3) is 0 Å². The minimum atomic E-state index is -0.970. The van der Waals surface area contributed by atoms with Crippen molar-refractivity contribution in [2.75, 3.05) is 0 Å². The number of allylic oxidation sites excluding steroid dienone is 7. The Bertz CT molecular complexity index is 588. The molecule has 0 aliphatic carbocycles. The van der Waals surface area contributed by atoms with Crippen LogP contribution in [-0.4, -0.2) is 33.5 Å². The zero-order valence-corrected chi connectivity index (χ0v) is 20.2. The van der Waals surface area contributed by atoms with Gasteiger partial charge in [0.05, 0.1) is 12.2 Å². The average Bonchev–Trinajstić information content (AvgIpc) is 2.75. The van der Waals surface area contributed by atoms with Gasteiger partial charge in [-0.25, -0.2) is 4.79 Å². The van der Waals surface area contributed by atoms with Crippen molar-refractivity contribution < 1.29 is 20.1 Å². The minimum absolute atomic E-state index is 0.193. The van der Waals surface area contributed by atoms with Gasteiger partial charge < -0.3 is 15.3 Å². The van der Waals surface area contributed by atoms with E-state index in [-0.39, 0.29) is 6.10 Å². The monoisotopic (exact) mass is 446 g/mol. The van der Waals surface area contributed by atoms with Crippen molar-refractivity contribution in [3.63, 3.8) is 0 Å². The highest BCUT2D eigenvalue weighted by molar-refractivity contribution is 5.80. The third-order valence-corrected chi connectivity index (χ3v) is 5.65. The Labute approximate surface area is 196 Å². The van der Waals surface area contributed by atoms with E-state index in [0.29, 0.717) is 24.7 Å². The number of aliphatic carboxylic acids is 1. The Morgan fingerprint density at radius 1 is 0.844 bits per heavy atom. The van der Waals surface area contributed by atoms with Crippen LogP contribution in [-0.2, 0) is 4.79 Å². The summed E-state index contributed by atoms with van der Waals surface area (Å²) >= 11 is 0. The van der Waals surface area contributed by atoms with E-state index in [1.165, 1.54) is 31.8 Å². The molecular weight excluding hydrogens is 400 g/mol. The molecule has 0 aromatic rings. The number of rotatable bonds is 20. The van der Waals surface area contributed by atoms with Crippen molar-refractivity contribution in [1.29, 1.82) is 0 Å². The van der Waals surface area contributed by atoms with E-state index in [2.05, 4.69) is 38.7 Å². The van der Waals surface area contributed by atoms with E-state index >= 15 is 0 Å². The van der Waals surface area contributed by atoms with Gasteiger partial charge in [0.15, 0.2) is 0 Å². The molecule has 0 rings (SSSR count). The van der Waals surface area contributed by atoms with Crippen LogP contribution in [0.3, 0.4) is 0 Å². The standard InChI is InChI=1S/C28H46O4/c1-4-5-6-11-19-25(3)27(30)22-13-8-7-10-17-24(2)18-15-16-21-26(29)20-12-9-14-23-28(31)32/h4-6,9,12,14-15,18,23-27,29-30H,1,7-8,10-11,13,16-17,19-22H2,2-3H3,(H,31,32)/b6-5-,12-9+,18-15-,23-14-/t24-,25-,26-,27-/m1/s1. The number of unbranched alkanes of at least 4 members (excludes halogenated alkanes) is 3. The molecule has 0 saturated heterocycles. The van der Waals surface area contributed by atoms with Crippen molar-refractivity contribution in [2.24, 2.45) is 11.8 Å². The Morgan fingerprint density at radius 2 is 1.53 bits per heavy atom. The number of hydrogen-bond acceptors (Lipinski definition) is 3. The van der Waals surface area contributed by atoms with Crippen LogP contribution in [0.4, 0.5) is 0 Å². The quantitative estimate of drug-likeness (QED) is 0.0835. The van der Waals surface area contributed by atoms with Gasteiger partial charge in [-0.05, 0) is 56.8 Å². The van der Waals surface area contributed by atoms with E-state index in [1.54, 1.807) is 18.2 Å². The van der Waals surface area contributed by atoms with Crippen LogP contribution in [0.1, 0.15) is 84.5 Å². The summed E-state index contributed by atoms with van der Waals surface area (Å²) in [5.74, 6) is -0.0812. The summed E-state index contributed by atoms with van der Waals surface area (Å²) in [4.78, 5) is 10.3. The van der Waals surface area contributed by atoms with Crippen LogP contribution < -0.4 is 0 Å². The number of carboxylic acid groups (broad SMARTS) is 1. The van der Waals surface area contributed by atoms with E-state index in [9.17, 15) is 15.0 Å². The fourth-order valence-electron chi connectivity index (χ4n) is 3.49. The topological polar surface area (TPSA) is 77.8 Å². The summed E-state index contributed by atoms with van der Waals surface area (Å²) in [5, 5.41) is 28.7. The molecule has 182 valence electrons. The lowest BCUT2D eigenvalue weighted by atomic mass is 9.94. The molecule has 32 heavy (non-hydrogen) atoms. The largest absolute Gasteiger partial charge is 0.478 e.